The second-order valence-electron chi connectivity index (χ2n) is 5.40. The maximum Gasteiger partial charge on any atom is 0.274 e. The Bertz CT molecular complexity index is 443. The smallest absolute Gasteiger partial charge is 0.274 e. The lowest BCUT2D eigenvalue weighted by Gasteiger charge is -2.16. The van der Waals surface area contributed by atoms with Crippen molar-refractivity contribution < 1.29 is 9.53 Å². The molecule has 1 unspecified atom stereocenters. The number of ether oxygens (including phenoxy) is 1. The summed E-state index contributed by atoms with van der Waals surface area (Å²) in [5.41, 5.74) is 0.385. The molecule has 1 aliphatic rings. The summed E-state index contributed by atoms with van der Waals surface area (Å²) in [5.74, 6) is 0.597. The van der Waals surface area contributed by atoms with Crippen molar-refractivity contribution in [3.63, 3.8) is 0 Å². The van der Waals surface area contributed by atoms with Gasteiger partial charge in [-0.2, -0.15) is 0 Å². The summed E-state index contributed by atoms with van der Waals surface area (Å²) in [5, 5.41) is 11.3. The number of nitrogens with one attached hydrogen (secondary N) is 1. The molecule has 116 valence electrons. The van der Waals surface area contributed by atoms with Gasteiger partial charge in [0.1, 0.15) is 5.82 Å². The van der Waals surface area contributed by atoms with Crippen molar-refractivity contribution in [2.24, 2.45) is 0 Å². The van der Waals surface area contributed by atoms with E-state index in [4.69, 9.17) is 4.74 Å². The first-order valence-corrected chi connectivity index (χ1v) is 7.65. The normalized spacial score (nSPS) is 17.7. The molecule has 6 heteroatoms. The van der Waals surface area contributed by atoms with Crippen molar-refractivity contribution in [2.45, 2.75) is 38.7 Å². The molecule has 1 saturated heterocycles. The van der Waals surface area contributed by atoms with Crippen molar-refractivity contribution in [3.8, 4) is 0 Å². The molecule has 1 aliphatic heterocycles. The summed E-state index contributed by atoms with van der Waals surface area (Å²) < 4.78 is 5.53. The highest BCUT2D eigenvalue weighted by molar-refractivity contribution is 5.92. The summed E-state index contributed by atoms with van der Waals surface area (Å²) in [6.45, 7) is 4.43. The highest BCUT2D eigenvalue weighted by Crippen LogP contribution is 2.13. The summed E-state index contributed by atoms with van der Waals surface area (Å²) in [4.78, 5) is 13.8. The van der Waals surface area contributed by atoms with E-state index >= 15 is 0 Å². The number of aromatic nitrogens is 2. The van der Waals surface area contributed by atoms with E-state index in [0.29, 0.717) is 11.5 Å². The fourth-order valence-electron chi connectivity index (χ4n) is 2.26. The van der Waals surface area contributed by atoms with Gasteiger partial charge in [0.2, 0.25) is 0 Å². The first kappa shape index (κ1) is 15.7. The zero-order valence-corrected chi connectivity index (χ0v) is 12.8. The quantitative estimate of drug-likeness (QED) is 0.832. The van der Waals surface area contributed by atoms with Crippen LogP contribution in [0.2, 0.25) is 0 Å². The SMILES string of the molecule is CCCCN(C)C(=O)c1ccc(NCC2CCCO2)nn1. The number of unbranched alkanes of at least 4 members (excludes halogenated alkanes) is 1. The molecule has 0 radical (unpaired) electrons. The van der Waals surface area contributed by atoms with Crippen LogP contribution in [-0.4, -0.2) is 53.9 Å². The van der Waals surface area contributed by atoms with Gasteiger partial charge in [-0.3, -0.25) is 4.79 Å². The fraction of sp³-hybridized carbons (Fsp3) is 0.667. The second kappa shape index (κ2) is 7.93. The Morgan fingerprint density at radius 1 is 1.48 bits per heavy atom. The van der Waals surface area contributed by atoms with Crippen LogP contribution in [-0.2, 0) is 4.74 Å². The fourth-order valence-corrected chi connectivity index (χ4v) is 2.26. The number of amides is 1. The number of carbonyl (C=O) groups excluding carboxylic acids is 1. The number of hydrogen-bond donors (Lipinski definition) is 1. The highest BCUT2D eigenvalue weighted by Gasteiger charge is 2.16. The summed E-state index contributed by atoms with van der Waals surface area (Å²) >= 11 is 0. The third-order valence-electron chi connectivity index (χ3n) is 3.61. The maximum atomic E-state index is 12.1. The van der Waals surface area contributed by atoms with E-state index in [-0.39, 0.29) is 12.0 Å². The summed E-state index contributed by atoms with van der Waals surface area (Å²) in [6.07, 6.45) is 4.52. The second-order valence-corrected chi connectivity index (χ2v) is 5.40. The number of carbonyl (C=O) groups is 1. The molecule has 1 N–H and O–H groups in total. The molecule has 0 aliphatic carbocycles. The lowest BCUT2D eigenvalue weighted by atomic mass is 10.2. The lowest BCUT2D eigenvalue weighted by Crippen LogP contribution is -2.28. The number of rotatable bonds is 7. The molecule has 2 rings (SSSR count). The molecule has 0 spiro atoms. The topological polar surface area (TPSA) is 67.4 Å². The van der Waals surface area contributed by atoms with Crippen LogP contribution >= 0.6 is 0 Å². The molecule has 1 aromatic heterocycles. The molecule has 21 heavy (non-hydrogen) atoms. The number of hydrogen-bond acceptors (Lipinski definition) is 5. The average molecular weight is 292 g/mol. The van der Waals surface area contributed by atoms with Gasteiger partial charge in [0.25, 0.3) is 5.91 Å². The van der Waals surface area contributed by atoms with Gasteiger partial charge in [-0.25, -0.2) is 0 Å². The van der Waals surface area contributed by atoms with E-state index in [9.17, 15) is 4.79 Å². The monoisotopic (exact) mass is 292 g/mol. The van der Waals surface area contributed by atoms with Gasteiger partial charge in [-0.05, 0) is 31.4 Å². The highest BCUT2D eigenvalue weighted by atomic mass is 16.5. The molecule has 1 amide bonds. The molecule has 1 aromatic rings. The molecule has 0 aromatic carbocycles. The van der Waals surface area contributed by atoms with Crippen molar-refractivity contribution in [1.82, 2.24) is 15.1 Å². The third kappa shape index (κ3) is 4.67. The molecule has 0 saturated carbocycles. The molecule has 2 heterocycles. The molecule has 1 fully saturated rings. The Balaban J connectivity index is 1.84. The Morgan fingerprint density at radius 3 is 2.95 bits per heavy atom. The minimum atomic E-state index is -0.0818. The van der Waals surface area contributed by atoms with E-state index in [1.165, 1.54) is 0 Å². The van der Waals surface area contributed by atoms with Gasteiger partial charge in [0.15, 0.2) is 5.69 Å². The van der Waals surface area contributed by atoms with Crippen LogP contribution in [0, 0.1) is 0 Å². The van der Waals surface area contributed by atoms with E-state index in [0.717, 1.165) is 45.4 Å². The van der Waals surface area contributed by atoms with Crippen molar-refractivity contribution in [2.75, 3.05) is 32.1 Å². The summed E-state index contributed by atoms with van der Waals surface area (Å²) in [6, 6.07) is 3.51. The standard InChI is InChI=1S/C15H24N4O2/c1-3-4-9-19(2)15(20)13-7-8-14(18-17-13)16-11-12-6-5-10-21-12/h7-8,12H,3-6,9-11H2,1-2H3,(H,16,18). The maximum absolute atomic E-state index is 12.1. The zero-order valence-electron chi connectivity index (χ0n) is 12.8. The van der Waals surface area contributed by atoms with E-state index in [1.54, 1.807) is 24.1 Å². The average Bonchev–Trinajstić information content (AvgIpc) is 3.04. The molecular weight excluding hydrogens is 268 g/mol. The molecule has 1 atom stereocenters. The third-order valence-corrected chi connectivity index (χ3v) is 3.61. The van der Waals surface area contributed by atoms with Gasteiger partial charge in [0, 0.05) is 26.7 Å². The predicted molar refractivity (Wildman–Crippen MR) is 81.4 cm³/mol. The Labute approximate surface area is 125 Å². The van der Waals surface area contributed by atoms with E-state index < -0.39 is 0 Å². The van der Waals surface area contributed by atoms with Crippen LogP contribution in [0.1, 0.15) is 43.1 Å². The van der Waals surface area contributed by atoms with Crippen LogP contribution < -0.4 is 5.32 Å². The Kier molecular flexibility index (Phi) is 5.92. The van der Waals surface area contributed by atoms with Gasteiger partial charge in [-0.15, -0.1) is 10.2 Å². The van der Waals surface area contributed by atoms with Crippen molar-refractivity contribution in [3.05, 3.63) is 17.8 Å². The van der Waals surface area contributed by atoms with E-state index in [2.05, 4.69) is 22.4 Å². The first-order chi connectivity index (χ1) is 10.2. The lowest BCUT2D eigenvalue weighted by molar-refractivity contribution is 0.0786. The molecular formula is C15H24N4O2. The van der Waals surface area contributed by atoms with Crippen LogP contribution in [0.5, 0.6) is 0 Å². The van der Waals surface area contributed by atoms with Crippen molar-refractivity contribution >= 4 is 11.7 Å². The van der Waals surface area contributed by atoms with Crippen LogP contribution in [0.4, 0.5) is 5.82 Å². The minimum absolute atomic E-state index is 0.0818. The predicted octanol–water partition coefficient (Wildman–Crippen LogP) is 1.94. The molecule has 0 bridgehead atoms. The largest absolute Gasteiger partial charge is 0.376 e. The minimum Gasteiger partial charge on any atom is -0.376 e. The van der Waals surface area contributed by atoms with Crippen molar-refractivity contribution in [1.29, 1.82) is 0 Å². The summed E-state index contributed by atoms with van der Waals surface area (Å²) in [7, 11) is 1.79. The first-order valence-electron chi connectivity index (χ1n) is 7.65. The van der Waals surface area contributed by atoms with Gasteiger partial charge < -0.3 is 15.0 Å². The van der Waals surface area contributed by atoms with E-state index in [1.807, 2.05) is 0 Å². The van der Waals surface area contributed by atoms with Gasteiger partial charge in [0.05, 0.1) is 6.10 Å². The number of nitrogens with zero attached hydrogens (tertiary/aromatic N) is 3. The van der Waals surface area contributed by atoms with Crippen LogP contribution in [0.25, 0.3) is 0 Å². The molecule has 6 nitrogen and oxygen atoms in total. The van der Waals surface area contributed by atoms with Gasteiger partial charge >= 0.3 is 0 Å². The Morgan fingerprint density at radius 2 is 2.33 bits per heavy atom. The van der Waals surface area contributed by atoms with Crippen LogP contribution in [0.15, 0.2) is 12.1 Å². The van der Waals surface area contributed by atoms with Gasteiger partial charge in [-0.1, -0.05) is 13.3 Å². The zero-order chi connectivity index (χ0) is 15.1. The Hall–Kier alpha value is -1.69. The number of anilines is 1. The van der Waals surface area contributed by atoms with Crippen LogP contribution in [0.3, 0.4) is 0 Å².